The third kappa shape index (κ3) is 4.81. The van der Waals surface area contributed by atoms with E-state index in [0.29, 0.717) is 9.90 Å². The van der Waals surface area contributed by atoms with Crippen LogP contribution in [0.3, 0.4) is 0 Å². The van der Waals surface area contributed by atoms with Crippen LogP contribution in [0.5, 0.6) is 0 Å². The summed E-state index contributed by atoms with van der Waals surface area (Å²) in [6.45, 7) is 6.01. The number of amides is 1. The van der Waals surface area contributed by atoms with Crippen molar-refractivity contribution in [2.75, 3.05) is 32.7 Å². The lowest BCUT2D eigenvalue weighted by Crippen LogP contribution is -2.48. The molecule has 1 fully saturated rings. The Kier molecular flexibility index (Phi) is 6.62. The molecular weight excluding hydrogens is 414 g/mol. The fourth-order valence-corrected chi connectivity index (χ4v) is 4.88. The molecule has 0 N–H and O–H groups in total. The second-order valence-electron chi connectivity index (χ2n) is 7.32. The Morgan fingerprint density at radius 2 is 1.77 bits per heavy atom. The third-order valence-electron chi connectivity index (χ3n) is 5.23. The molecule has 30 heavy (non-hydrogen) atoms. The smallest absolute Gasteiger partial charge is 0.265 e. The highest BCUT2D eigenvalue weighted by Crippen LogP contribution is 2.33. The SMILES string of the molecule is Cc1nc(-c2ccccc2Cl)sc1C(=O)N1CCN(C/C=C/c2ccccc2)CC1. The van der Waals surface area contributed by atoms with Crippen LogP contribution >= 0.6 is 22.9 Å². The average molecular weight is 438 g/mol. The van der Waals surface area contributed by atoms with E-state index in [9.17, 15) is 4.79 Å². The van der Waals surface area contributed by atoms with Crippen molar-refractivity contribution < 1.29 is 4.79 Å². The standard InChI is InChI=1S/C24H24ClN3OS/c1-18-22(30-23(26-18)20-11-5-6-12-21(20)25)24(29)28-16-14-27(15-17-28)13-7-10-19-8-3-2-4-9-19/h2-12H,13-17H2,1H3/b10-7+. The highest BCUT2D eigenvalue weighted by molar-refractivity contribution is 7.17. The summed E-state index contributed by atoms with van der Waals surface area (Å²) in [5.74, 6) is 0.0720. The maximum absolute atomic E-state index is 13.1. The first-order valence-corrected chi connectivity index (χ1v) is 11.3. The molecule has 3 aromatic rings. The van der Waals surface area contributed by atoms with Gasteiger partial charge in [0, 0.05) is 38.3 Å². The number of carbonyl (C=O) groups excluding carboxylic acids is 1. The summed E-state index contributed by atoms with van der Waals surface area (Å²) in [5.41, 5.74) is 2.86. The van der Waals surface area contributed by atoms with Gasteiger partial charge in [0.25, 0.3) is 5.91 Å². The first-order valence-electron chi connectivity index (χ1n) is 10.1. The van der Waals surface area contributed by atoms with E-state index < -0.39 is 0 Å². The molecule has 6 heteroatoms. The van der Waals surface area contributed by atoms with E-state index in [1.807, 2.05) is 54.3 Å². The number of thiazole rings is 1. The molecule has 1 saturated heterocycles. The van der Waals surface area contributed by atoms with Crippen LogP contribution in [0, 0.1) is 6.92 Å². The van der Waals surface area contributed by atoms with Crippen molar-refractivity contribution in [3.63, 3.8) is 0 Å². The number of benzene rings is 2. The number of carbonyl (C=O) groups is 1. The van der Waals surface area contributed by atoms with E-state index >= 15 is 0 Å². The van der Waals surface area contributed by atoms with Crippen molar-refractivity contribution in [3.05, 3.63) is 81.8 Å². The second-order valence-corrected chi connectivity index (χ2v) is 8.73. The predicted molar refractivity (Wildman–Crippen MR) is 125 cm³/mol. The number of piperazine rings is 1. The Balaban J connectivity index is 1.35. The van der Waals surface area contributed by atoms with Crippen LogP contribution in [0.2, 0.25) is 5.02 Å². The summed E-state index contributed by atoms with van der Waals surface area (Å²) in [6, 6.07) is 17.9. The van der Waals surface area contributed by atoms with E-state index in [4.69, 9.17) is 11.6 Å². The zero-order chi connectivity index (χ0) is 20.9. The normalized spacial score (nSPS) is 15.1. The minimum Gasteiger partial charge on any atom is -0.335 e. The summed E-state index contributed by atoms with van der Waals surface area (Å²) < 4.78 is 0. The monoisotopic (exact) mass is 437 g/mol. The van der Waals surface area contributed by atoms with E-state index in [1.165, 1.54) is 16.9 Å². The fraction of sp³-hybridized carbons (Fsp3) is 0.250. The lowest BCUT2D eigenvalue weighted by Gasteiger charge is -2.34. The minimum absolute atomic E-state index is 0.0720. The molecule has 0 saturated carbocycles. The maximum atomic E-state index is 13.1. The van der Waals surface area contributed by atoms with Crippen LogP contribution in [-0.2, 0) is 0 Å². The van der Waals surface area contributed by atoms with Gasteiger partial charge in [-0.1, -0.05) is 72.3 Å². The van der Waals surface area contributed by atoms with Gasteiger partial charge in [-0.05, 0) is 18.6 Å². The van der Waals surface area contributed by atoms with E-state index in [0.717, 1.165) is 49.0 Å². The van der Waals surface area contributed by atoms with Crippen LogP contribution in [0.25, 0.3) is 16.6 Å². The summed E-state index contributed by atoms with van der Waals surface area (Å²) in [6.07, 6.45) is 4.34. The molecule has 0 atom stereocenters. The zero-order valence-corrected chi connectivity index (χ0v) is 18.5. The zero-order valence-electron chi connectivity index (χ0n) is 16.9. The molecular formula is C24H24ClN3OS. The molecule has 1 aliphatic rings. The largest absolute Gasteiger partial charge is 0.335 e. The first kappa shape index (κ1) is 20.8. The number of halogens is 1. The maximum Gasteiger partial charge on any atom is 0.265 e. The van der Waals surface area contributed by atoms with Gasteiger partial charge in [-0.25, -0.2) is 4.98 Å². The van der Waals surface area contributed by atoms with Crippen molar-refractivity contribution in [1.29, 1.82) is 0 Å². The molecule has 1 amide bonds. The van der Waals surface area contributed by atoms with E-state index in [2.05, 4.69) is 34.2 Å². The molecule has 1 aliphatic heterocycles. The van der Waals surface area contributed by atoms with Gasteiger partial charge in [0.2, 0.25) is 0 Å². The average Bonchev–Trinajstić information content (AvgIpc) is 3.16. The minimum atomic E-state index is 0.0720. The quantitative estimate of drug-likeness (QED) is 0.547. The predicted octanol–water partition coefficient (Wildman–Crippen LogP) is 5.24. The van der Waals surface area contributed by atoms with Crippen molar-refractivity contribution in [2.24, 2.45) is 0 Å². The van der Waals surface area contributed by atoms with Gasteiger partial charge < -0.3 is 4.90 Å². The Bertz CT molecular complexity index is 1040. The highest BCUT2D eigenvalue weighted by atomic mass is 35.5. The number of aromatic nitrogens is 1. The second kappa shape index (κ2) is 9.56. The highest BCUT2D eigenvalue weighted by Gasteiger charge is 2.25. The molecule has 154 valence electrons. The van der Waals surface area contributed by atoms with Crippen LogP contribution in [-0.4, -0.2) is 53.4 Å². The van der Waals surface area contributed by atoms with Crippen LogP contribution in [0.4, 0.5) is 0 Å². The molecule has 0 aliphatic carbocycles. The van der Waals surface area contributed by atoms with Crippen molar-refractivity contribution >= 4 is 34.9 Å². The van der Waals surface area contributed by atoms with Gasteiger partial charge >= 0.3 is 0 Å². The summed E-state index contributed by atoms with van der Waals surface area (Å²) in [7, 11) is 0. The van der Waals surface area contributed by atoms with Gasteiger partial charge in [0.05, 0.1) is 10.7 Å². The third-order valence-corrected chi connectivity index (χ3v) is 6.74. The molecule has 4 rings (SSSR count). The summed E-state index contributed by atoms with van der Waals surface area (Å²) in [4.78, 5) is 22.7. The van der Waals surface area contributed by atoms with Gasteiger partial charge in [-0.3, -0.25) is 9.69 Å². The molecule has 2 aromatic carbocycles. The van der Waals surface area contributed by atoms with E-state index in [-0.39, 0.29) is 5.91 Å². The lowest BCUT2D eigenvalue weighted by atomic mass is 10.2. The summed E-state index contributed by atoms with van der Waals surface area (Å²) in [5, 5.41) is 1.45. The lowest BCUT2D eigenvalue weighted by molar-refractivity contribution is 0.0654. The topological polar surface area (TPSA) is 36.4 Å². The molecule has 2 heterocycles. The molecule has 0 bridgehead atoms. The summed E-state index contributed by atoms with van der Waals surface area (Å²) >= 11 is 7.73. The number of aryl methyl sites for hydroxylation is 1. The van der Waals surface area contributed by atoms with Gasteiger partial charge in [-0.15, -0.1) is 11.3 Å². The molecule has 0 unspecified atom stereocenters. The number of hydrogen-bond acceptors (Lipinski definition) is 4. The van der Waals surface area contributed by atoms with Crippen LogP contribution < -0.4 is 0 Å². The van der Waals surface area contributed by atoms with Gasteiger partial charge in [0.1, 0.15) is 9.88 Å². The number of nitrogens with zero attached hydrogens (tertiary/aromatic N) is 3. The Morgan fingerprint density at radius 1 is 1.07 bits per heavy atom. The van der Waals surface area contributed by atoms with E-state index in [1.54, 1.807) is 0 Å². The molecule has 4 nitrogen and oxygen atoms in total. The molecule has 0 spiro atoms. The first-order chi connectivity index (χ1) is 14.6. The fourth-order valence-electron chi connectivity index (χ4n) is 3.52. The number of hydrogen-bond donors (Lipinski definition) is 0. The van der Waals surface area contributed by atoms with Crippen molar-refractivity contribution in [2.45, 2.75) is 6.92 Å². The Labute approximate surface area is 186 Å². The molecule has 0 radical (unpaired) electrons. The Hall–Kier alpha value is -2.47. The van der Waals surface area contributed by atoms with Crippen molar-refractivity contribution in [3.8, 4) is 10.6 Å². The Morgan fingerprint density at radius 3 is 2.50 bits per heavy atom. The van der Waals surface area contributed by atoms with Gasteiger partial charge in [0.15, 0.2) is 0 Å². The molecule has 1 aromatic heterocycles. The van der Waals surface area contributed by atoms with Gasteiger partial charge in [-0.2, -0.15) is 0 Å². The number of rotatable bonds is 5. The van der Waals surface area contributed by atoms with Crippen molar-refractivity contribution in [1.82, 2.24) is 14.8 Å². The van der Waals surface area contributed by atoms with Crippen LogP contribution in [0.1, 0.15) is 20.9 Å². The van der Waals surface area contributed by atoms with Crippen LogP contribution in [0.15, 0.2) is 60.7 Å².